The number of hydrogen-bond acceptors (Lipinski definition) is 3. The van der Waals surface area contributed by atoms with Gasteiger partial charge in [-0.25, -0.2) is 0 Å². The summed E-state index contributed by atoms with van der Waals surface area (Å²) >= 11 is 1.13. The van der Waals surface area contributed by atoms with E-state index >= 15 is 0 Å². The molecule has 58 valence electrons. The second-order valence-corrected chi connectivity index (χ2v) is 2.62. The van der Waals surface area contributed by atoms with Crippen molar-refractivity contribution in [3.63, 3.8) is 0 Å². The highest BCUT2D eigenvalue weighted by atomic mass is 127. The quantitative estimate of drug-likeness (QED) is 0.371. The molecule has 1 rings (SSSR count). The van der Waals surface area contributed by atoms with Crippen molar-refractivity contribution < 1.29 is 0 Å². The van der Waals surface area contributed by atoms with E-state index < -0.39 is 0 Å². The monoisotopic (exact) mass is 278 g/mol. The minimum atomic E-state index is 0. The summed E-state index contributed by atoms with van der Waals surface area (Å²) in [5, 5.41) is 10.2. The molecule has 0 aliphatic carbocycles. The molecule has 4 heteroatoms. The maximum Gasteiger partial charge on any atom is 0.138 e. The van der Waals surface area contributed by atoms with E-state index in [-0.39, 0.29) is 24.0 Å². The largest absolute Gasteiger partial charge is 0.399 e. The molecule has 0 radical (unpaired) electrons. The van der Waals surface area contributed by atoms with Crippen molar-refractivity contribution in [2.75, 3.05) is 5.73 Å². The van der Waals surface area contributed by atoms with Crippen molar-refractivity contribution in [2.45, 2.75) is 4.90 Å². The maximum absolute atomic E-state index is 8.27. The van der Waals surface area contributed by atoms with E-state index in [0.717, 1.165) is 22.3 Å². The van der Waals surface area contributed by atoms with E-state index in [0.29, 0.717) is 0 Å². The Labute approximate surface area is 86.8 Å². The van der Waals surface area contributed by atoms with Gasteiger partial charge in [0.15, 0.2) is 0 Å². The van der Waals surface area contributed by atoms with Gasteiger partial charge >= 0.3 is 0 Å². The van der Waals surface area contributed by atoms with Crippen LogP contribution < -0.4 is 5.73 Å². The number of benzene rings is 1. The van der Waals surface area contributed by atoms with E-state index in [4.69, 9.17) is 11.0 Å². The lowest BCUT2D eigenvalue weighted by Gasteiger charge is -1.92. The normalized spacial score (nSPS) is 7.91. The number of hydrogen-bond donors (Lipinski definition) is 1. The molecule has 1 aromatic carbocycles. The van der Waals surface area contributed by atoms with Crippen molar-refractivity contribution in [3.05, 3.63) is 24.3 Å². The van der Waals surface area contributed by atoms with Gasteiger partial charge in [-0.1, -0.05) is 0 Å². The first-order valence-corrected chi connectivity index (χ1v) is 3.56. The molecule has 0 unspecified atom stereocenters. The second kappa shape index (κ2) is 5.27. The lowest BCUT2D eigenvalue weighted by atomic mass is 10.3. The number of nitrogens with two attached hydrogens (primary N) is 1. The predicted octanol–water partition coefficient (Wildman–Crippen LogP) is 2.46. The van der Waals surface area contributed by atoms with Gasteiger partial charge in [-0.15, -0.1) is 24.0 Å². The number of thiocyanates is 1. The van der Waals surface area contributed by atoms with Crippen LogP contribution in [-0.2, 0) is 0 Å². The molecular formula is C7H7IN2S. The molecule has 0 aromatic heterocycles. The van der Waals surface area contributed by atoms with Gasteiger partial charge in [-0.05, 0) is 36.0 Å². The Morgan fingerprint density at radius 3 is 2.27 bits per heavy atom. The van der Waals surface area contributed by atoms with Crippen molar-refractivity contribution in [2.24, 2.45) is 0 Å². The van der Waals surface area contributed by atoms with E-state index in [1.807, 2.05) is 17.5 Å². The summed E-state index contributed by atoms with van der Waals surface area (Å²) in [6.07, 6.45) is 0. The van der Waals surface area contributed by atoms with Crippen molar-refractivity contribution in [1.82, 2.24) is 0 Å². The summed E-state index contributed by atoms with van der Waals surface area (Å²) in [5.74, 6) is 0. The van der Waals surface area contributed by atoms with Crippen LogP contribution in [0.4, 0.5) is 5.69 Å². The van der Waals surface area contributed by atoms with Crippen LogP contribution >= 0.6 is 35.7 Å². The van der Waals surface area contributed by atoms with Crippen LogP contribution in [0.2, 0.25) is 0 Å². The Hall–Kier alpha value is -0.410. The first-order valence-electron chi connectivity index (χ1n) is 2.74. The van der Waals surface area contributed by atoms with Gasteiger partial charge in [0.05, 0.1) is 0 Å². The Kier molecular flexibility index (Phi) is 5.07. The van der Waals surface area contributed by atoms with Crippen LogP contribution in [-0.4, -0.2) is 0 Å². The molecule has 2 nitrogen and oxygen atoms in total. The zero-order chi connectivity index (χ0) is 7.40. The maximum atomic E-state index is 8.27. The third-order valence-electron chi connectivity index (χ3n) is 1.04. The number of halogens is 1. The SMILES string of the molecule is I.N#CSc1ccc(N)cc1. The van der Waals surface area contributed by atoms with Crippen LogP contribution in [0.15, 0.2) is 29.2 Å². The molecule has 0 bridgehead atoms. The van der Waals surface area contributed by atoms with E-state index in [2.05, 4.69) is 0 Å². The van der Waals surface area contributed by atoms with Gasteiger partial charge in [0.25, 0.3) is 0 Å². The zero-order valence-corrected chi connectivity index (χ0v) is 8.80. The topological polar surface area (TPSA) is 49.8 Å². The molecule has 0 aliphatic heterocycles. The Morgan fingerprint density at radius 2 is 1.82 bits per heavy atom. The molecule has 11 heavy (non-hydrogen) atoms. The van der Waals surface area contributed by atoms with Crippen LogP contribution in [0, 0.1) is 10.7 Å². The first kappa shape index (κ1) is 10.6. The Balaban J connectivity index is 0.000001000. The molecule has 0 spiro atoms. The highest BCUT2D eigenvalue weighted by molar-refractivity contribution is 14.0. The summed E-state index contributed by atoms with van der Waals surface area (Å²) in [7, 11) is 0. The third kappa shape index (κ3) is 3.49. The number of nitrogens with zero attached hydrogens (tertiary/aromatic N) is 1. The predicted molar refractivity (Wildman–Crippen MR) is 57.7 cm³/mol. The molecule has 1 aromatic rings. The molecule has 0 fully saturated rings. The highest BCUT2D eigenvalue weighted by Crippen LogP contribution is 2.16. The lowest BCUT2D eigenvalue weighted by molar-refractivity contribution is 1.47. The fourth-order valence-electron chi connectivity index (χ4n) is 0.589. The van der Waals surface area contributed by atoms with Crippen LogP contribution in [0.5, 0.6) is 0 Å². The van der Waals surface area contributed by atoms with E-state index in [1.54, 1.807) is 12.1 Å². The zero-order valence-electron chi connectivity index (χ0n) is 5.65. The number of thioether (sulfide) groups is 1. The third-order valence-corrected chi connectivity index (χ3v) is 1.64. The van der Waals surface area contributed by atoms with Gasteiger partial charge in [0.2, 0.25) is 0 Å². The average molecular weight is 278 g/mol. The van der Waals surface area contributed by atoms with Gasteiger partial charge in [0.1, 0.15) is 5.40 Å². The Bertz CT molecular complexity index is 252. The van der Waals surface area contributed by atoms with Crippen molar-refractivity contribution >= 4 is 41.4 Å². The highest BCUT2D eigenvalue weighted by Gasteiger charge is 1.89. The number of rotatable bonds is 1. The molecule has 0 aliphatic rings. The molecule has 0 saturated heterocycles. The fraction of sp³-hybridized carbons (Fsp3) is 0. The standard InChI is InChI=1S/C7H6N2S.HI/c8-5-10-7-3-1-6(9)2-4-7;/h1-4H,9H2;1H. The van der Waals surface area contributed by atoms with Gasteiger partial charge in [-0.2, -0.15) is 5.26 Å². The van der Waals surface area contributed by atoms with Crippen LogP contribution in [0.1, 0.15) is 0 Å². The van der Waals surface area contributed by atoms with E-state index in [1.165, 1.54) is 0 Å². The van der Waals surface area contributed by atoms with Gasteiger partial charge in [0, 0.05) is 10.6 Å². The summed E-state index contributed by atoms with van der Waals surface area (Å²) in [6.45, 7) is 0. The second-order valence-electron chi connectivity index (χ2n) is 1.76. The van der Waals surface area contributed by atoms with Gasteiger partial charge < -0.3 is 5.73 Å². The molecule has 2 N–H and O–H groups in total. The smallest absolute Gasteiger partial charge is 0.138 e. The van der Waals surface area contributed by atoms with Crippen LogP contribution in [0.3, 0.4) is 0 Å². The molecule has 0 saturated carbocycles. The van der Waals surface area contributed by atoms with Crippen LogP contribution in [0.25, 0.3) is 0 Å². The Morgan fingerprint density at radius 1 is 1.27 bits per heavy atom. The summed E-state index contributed by atoms with van der Waals surface area (Å²) in [4.78, 5) is 0.928. The number of nitriles is 1. The molecule has 0 heterocycles. The van der Waals surface area contributed by atoms with E-state index in [9.17, 15) is 0 Å². The lowest BCUT2D eigenvalue weighted by Crippen LogP contribution is -1.81. The minimum Gasteiger partial charge on any atom is -0.399 e. The summed E-state index contributed by atoms with van der Waals surface area (Å²) < 4.78 is 0. The number of nitrogen functional groups attached to an aromatic ring is 1. The minimum absolute atomic E-state index is 0. The average Bonchev–Trinajstić information content (AvgIpc) is 1.95. The molecule has 0 amide bonds. The fourth-order valence-corrected chi connectivity index (χ4v) is 0.966. The van der Waals surface area contributed by atoms with Crippen molar-refractivity contribution in [3.8, 4) is 5.40 Å². The summed E-state index contributed by atoms with van der Waals surface area (Å²) in [6, 6.07) is 7.20. The first-order chi connectivity index (χ1) is 4.83. The summed E-state index contributed by atoms with van der Waals surface area (Å²) in [5.41, 5.74) is 6.16. The van der Waals surface area contributed by atoms with Crippen molar-refractivity contribution in [1.29, 1.82) is 5.26 Å². The molecule has 0 atom stereocenters. The number of anilines is 1. The van der Waals surface area contributed by atoms with Gasteiger partial charge in [-0.3, -0.25) is 0 Å². The molecular weight excluding hydrogens is 271 g/mol.